The van der Waals surface area contributed by atoms with E-state index in [0.29, 0.717) is 55.4 Å². The Bertz CT molecular complexity index is 2070. The van der Waals surface area contributed by atoms with Crippen LogP contribution in [0.5, 0.6) is 0 Å². The predicted octanol–water partition coefficient (Wildman–Crippen LogP) is 7.30. The summed E-state index contributed by atoms with van der Waals surface area (Å²) in [6.07, 6.45) is 11.2. The fraction of sp³-hybridized carbons (Fsp3) is 0.459. The van der Waals surface area contributed by atoms with Gasteiger partial charge in [-0.15, -0.1) is 11.3 Å². The molecule has 10 rings (SSSR count). The second-order valence-electron chi connectivity index (χ2n) is 15.0. The molecule has 5 heterocycles. The van der Waals surface area contributed by atoms with Gasteiger partial charge in [-0.05, 0) is 85.6 Å². The van der Waals surface area contributed by atoms with E-state index in [4.69, 9.17) is 28.3 Å². The molecule has 2 N–H and O–H groups in total. The molecule has 260 valence electrons. The first-order valence-corrected chi connectivity index (χ1v) is 19.1. The molecule has 9 nitrogen and oxygen atoms in total. The number of halogens is 3. The lowest BCUT2D eigenvalue weighted by Gasteiger charge is -2.50. The Kier molecular flexibility index (Phi) is 8.08. The van der Waals surface area contributed by atoms with Gasteiger partial charge in [0.1, 0.15) is 11.7 Å². The van der Waals surface area contributed by atoms with E-state index >= 15 is 0 Å². The lowest BCUT2D eigenvalue weighted by atomic mass is 9.57. The van der Waals surface area contributed by atoms with Crippen LogP contribution in [0.1, 0.15) is 61.5 Å². The summed E-state index contributed by atoms with van der Waals surface area (Å²) in [7, 11) is 0. The number of amides is 1. The Balaban J connectivity index is 0.983. The van der Waals surface area contributed by atoms with Crippen LogP contribution in [0.15, 0.2) is 54.4 Å². The van der Waals surface area contributed by atoms with E-state index in [0.717, 1.165) is 37.1 Å². The number of thiazole rings is 1. The third kappa shape index (κ3) is 5.48. The summed E-state index contributed by atoms with van der Waals surface area (Å²) in [5, 5.41) is 21.0. The van der Waals surface area contributed by atoms with Crippen molar-refractivity contribution < 1.29 is 14.3 Å². The van der Waals surface area contributed by atoms with Crippen molar-refractivity contribution in [1.82, 2.24) is 29.2 Å². The van der Waals surface area contributed by atoms with Crippen LogP contribution < -0.4 is 5.32 Å². The zero-order valence-electron chi connectivity index (χ0n) is 27.5. The fourth-order valence-electron chi connectivity index (χ4n) is 9.40. The first kappa shape index (κ1) is 32.6. The van der Waals surface area contributed by atoms with Crippen molar-refractivity contribution in [2.75, 3.05) is 31.6 Å². The molecule has 2 bridgehead atoms. The van der Waals surface area contributed by atoms with E-state index < -0.39 is 18.1 Å². The largest absolute Gasteiger partial charge is 0.396 e. The summed E-state index contributed by atoms with van der Waals surface area (Å²) < 4.78 is 17.7. The average Bonchev–Trinajstić information content (AvgIpc) is 3.96. The highest BCUT2D eigenvalue weighted by molar-refractivity contribution is 7.13. The smallest absolute Gasteiger partial charge is 0.257 e. The Morgan fingerprint density at radius 3 is 2.68 bits per heavy atom. The van der Waals surface area contributed by atoms with E-state index in [1.54, 1.807) is 28.7 Å². The highest BCUT2D eigenvalue weighted by Crippen LogP contribution is 2.67. The van der Waals surface area contributed by atoms with Gasteiger partial charge in [-0.25, -0.2) is 14.4 Å². The number of aromatic nitrogens is 5. The highest BCUT2D eigenvalue weighted by Gasteiger charge is 2.61. The molecular weight excluding hydrogens is 696 g/mol. The molecule has 2 aliphatic heterocycles. The van der Waals surface area contributed by atoms with E-state index in [1.165, 1.54) is 53.8 Å². The Labute approximate surface area is 303 Å². The number of anilines is 1. The quantitative estimate of drug-likeness (QED) is 0.165. The molecule has 4 fully saturated rings. The van der Waals surface area contributed by atoms with E-state index in [-0.39, 0.29) is 18.4 Å². The number of fused-ring (bicyclic) bond motifs is 3. The summed E-state index contributed by atoms with van der Waals surface area (Å²) in [4.78, 5) is 25.2. The number of rotatable bonds is 9. The molecule has 3 aliphatic carbocycles. The van der Waals surface area contributed by atoms with Crippen LogP contribution in [0.25, 0.3) is 22.0 Å². The molecule has 3 saturated carbocycles. The number of nitrogens with zero attached hydrogens (tertiary/aromatic N) is 6. The lowest BCUT2D eigenvalue weighted by Crippen LogP contribution is -2.49. The van der Waals surface area contributed by atoms with Crippen LogP contribution >= 0.6 is 34.5 Å². The van der Waals surface area contributed by atoms with Gasteiger partial charge in [0.05, 0.1) is 28.6 Å². The van der Waals surface area contributed by atoms with Gasteiger partial charge in [-0.1, -0.05) is 47.5 Å². The zero-order valence-corrected chi connectivity index (χ0v) is 29.8. The normalized spacial score (nSPS) is 25.6. The number of nitrogens with one attached hydrogen (secondary N) is 1. The third-order valence-electron chi connectivity index (χ3n) is 11.8. The number of aliphatic hydroxyl groups excluding tert-OH is 1. The van der Waals surface area contributed by atoms with Crippen LogP contribution in [0.4, 0.5) is 9.52 Å². The second-order valence-corrected chi connectivity index (χ2v) is 16.6. The van der Waals surface area contributed by atoms with Crippen molar-refractivity contribution in [3.8, 4) is 11.1 Å². The number of carbonyl (C=O) groups is 1. The number of hydrogen-bond acceptors (Lipinski definition) is 7. The van der Waals surface area contributed by atoms with Gasteiger partial charge in [0.2, 0.25) is 0 Å². The van der Waals surface area contributed by atoms with E-state index in [1.807, 2.05) is 6.07 Å². The number of alkyl halides is 1. The van der Waals surface area contributed by atoms with Crippen LogP contribution in [0.3, 0.4) is 0 Å². The summed E-state index contributed by atoms with van der Waals surface area (Å²) >= 11 is 15.3. The first-order chi connectivity index (χ1) is 24.2. The topological polar surface area (TPSA) is 101 Å². The summed E-state index contributed by atoms with van der Waals surface area (Å²) in [6, 6.07) is 9.64. The van der Waals surface area contributed by atoms with Crippen molar-refractivity contribution in [2.45, 2.75) is 69.1 Å². The number of hydrogen-bond donors (Lipinski definition) is 2. The van der Waals surface area contributed by atoms with Crippen molar-refractivity contribution in [3.63, 3.8) is 0 Å². The molecule has 0 radical (unpaired) electrons. The molecule has 5 aromatic rings. The van der Waals surface area contributed by atoms with Crippen LogP contribution in [0.2, 0.25) is 10.0 Å². The minimum Gasteiger partial charge on any atom is -0.396 e. The summed E-state index contributed by atoms with van der Waals surface area (Å²) in [6.45, 7) is 3.91. The molecule has 2 aromatic carbocycles. The maximum atomic E-state index is 14.4. The molecule has 13 heteroatoms. The molecule has 2 atom stereocenters. The zero-order chi connectivity index (χ0) is 34.2. The number of carbonyl (C=O) groups excluding carboxylic acids is 1. The molecule has 0 spiro atoms. The van der Waals surface area contributed by atoms with Crippen molar-refractivity contribution in [1.29, 1.82) is 0 Å². The van der Waals surface area contributed by atoms with Gasteiger partial charge >= 0.3 is 0 Å². The van der Waals surface area contributed by atoms with Gasteiger partial charge in [0.25, 0.3) is 5.91 Å². The molecular formula is C37H38Cl2FN7O2S. The first-order valence-electron chi connectivity index (χ1n) is 17.4. The number of benzene rings is 2. The van der Waals surface area contributed by atoms with Crippen LogP contribution in [0, 0.1) is 11.3 Å². The fourth-order valence-corrected chi connectivity index (χ4v) is 10.5. The van der Waals surface area contributed by atoms with E-state index in [9.17, 15) is 14.3 Å². The monoisotopic (exact) mass is 733 g/mol. The minimum absolute atomic E-state index is 0.172. The second kappa shape index (κ2) is 12.4. The van der Waals surface area contributed by atoms with Crippen LogP contribution in [-0.2, 0) is 23.2 Å². The molecule has 3 aromatic heterocycles. The molecule has 1 unspecified atom stereocenters. The number of aliphatic hydroxyl groups is 1. The Hall–Kier alpha value is -3.35. The number of piperidine rings is 1. The maximum absolute atomic E-state index is 14.4. The van der Waals surface area contributed by atoms with Gasteiger partial charge in [-0.3, -0.25) is 14.8 Å². The standard InChI is InChI=1S/C37H38Cl2FN7O2S/c38-28-14-26(23-1-3-24(4-2-23)37-8-7-36(18-37,19-37)20-45-10-5-22(17-48)6-11-45)30(39)31-27(28)16-47(44-31)33(34(49)43-35-41-9-12-50-35)32-29-13-25(40)15-46(29)21-42-32/h1-4,9,12,14,16,21-22,25,33,48H,5-8,10-11,13,15,17-20H2,(H,41,43,49)/t25-,33?,36?,37?/m1/s1. The average molecular weight is 735 g/mol. The number of imidazole rings is 1. The van der Waals surface area contributed by atoms with Crippen molar-refractivity contribution in [3.05, 3.63) is 81.4 Å². The van der Waals surface area contributed by atoms with Crippen LogP contribution in [-0.4, -0.2) is 72.6 Å². The molecule has 5 aliphatic rings. The molecule has 50 heavy (non-hydrogen) atoms. The Morgan fingerprint density at radius 2 is 1.94 bits per heavy atom. The molecule has 1 amide bonds. The van der Waals surface area contributed by atoms with Gasteiger partial charge in [0, 0.05) is 54.0 Å². The third-order valence-corrected chi connectivity index (χ3v) is 13.2. The Morgan fingerprint density at radius 1 is 1.14 bits per heavy atom. The van der Waals surface area contributed by atoms with Gasteiger partial charge < -0.3 is 14.6 Å². The van der Waals surface area contributed by atoms with Crippen molar-refractivity contribution >= 4 is 56.5 Å². The van der Waals surface area contributed by atoms with E-state index in [2.05, 4.69) is 44.5 Å². The highest BCUT2D eigenvalue weighted by atomic mass is 35.5. The predicted molar refractivity (Wildman–Crippen MR) is 194 cm³/mol. The summed E-state index contributed by atoms with van der Waals surface area (Å²) in [5.41, 5.74) is 5.35. The number of likely N-dealkylation sites (tertiary alicyclic amines) is 1. The van der Waals surface area contributed by atoms with Gasteiger partial charge in [0.15, 0.2) is 11.2 Å². The van der Waals surface area contributed by atoms with Crippen molar-refractivity contribution in [2.24, 2.45) is 11.3 Å². The summed E-state index contributed by atoms with van der Waals surface area (Å²) in [5.74, 6) is 0.0793. The minimum atomic E-state index is -1.04. The van der Waals surface area contributed by atoms with Gasteiger partial charge in [-0.2, -0.15) is 5.10 Å². The SMILES string of the molecule is O=C(Nc1nccs1)C(c1ncn2c1C[C@@H](F)C2)n1cc2c(Cl)cc(-c3ccc(C45CCC(CN6CCC(CO)CC6)(C4)C5)cc3)c(Cl)c2n1. The lowest BCUT2D eigenvalue weighted by molar-refractivity contribution is -0.118. The molecule has 1 saturated heterocycles. The maximum Gasteiger partial charge on any atom is 0.257 e.